The molecule has 11 heteroatoms. The number of nitrogens with zero attached hydrogens (tertiary/aromatic N) is 4. The number of carbonyl (C=O) groups excluding carboxylic acids is 1. The van der Waals surface area contributed by atoms with Gasteiger partial charge in [0.25, 0.3) is 0 Å². The first-order chi connectivity index (χ1) is 20.0. The summed E-state index contributed by atoms with van der Waals surface area (Å²) >= 11 is 0. The zero-order valence-electron chi connectivity index (χ0n) is 22.7. The molecule has 0 atom stereocenters. The van der Waals surface area contributed by atoms with Gasteiger partial charge in [-0.2, -0.15) is 4.98 Å². The second kappa shape index (κ2) is 11.7. The highest BCUT2D eigenvalue weighted by Gasteiger charge is 2.41. The maximum absolute atomic E-state index is 13.7. The standard InChI is InChI=1S/C30H31FN6O4/c1-30(28(38)34-21-6-5-14-32-16-21)17-39-27(40-18-30)26-36-24(19-9-11-20(31)12-10-19)25(37-26)23-13-15-33-29(35-23)41-22-7-3-2-4-8-22/h5-6,9-16,22,27H,2-4,7-8,17-18H2,1H3,(H,34,38)(H,36,37). The summed E-state index contributed by atoms with van der Waals surface area (Å²) in [5.41, 5.74) is 2.08. The van der Waals surface area contributed by atoms with Crippen LogP contribution in [0.4, 0.5) is 10.1 Å². The Morgan fingerprint density at radius 3 is 2.56 bits per heavy atom. The molecule has 0 radical (unpaired) electrons. The van der Waals surface area contributed by atoms with Gasteiger partial charge in [0.05, 0.1) is 47.6 Å². The van der Waals surface area contributed by atoms with Crippen LogP contribution in [-0.2, 0) is 14.3 Å². The molecule has 2 aliphatic rings. The maximum Gasteiger partial charge on any atom is 0.317 e. The quantitative estimate of drug-likeness (QED) is 0.306. The maximum atomic E-state index is 13.7. The molecule has 4 heterocycles. The van der Waals surface area contributed by atoms with E-state index < -0.39 is 11.7 Å². The van der Waals surface area contributed by atoms with E-state index in [9.17, 15) is 9.18 Å². The van der Waals surface area contributed by atoms with Crippen LogP contribution in [0.1, 0.15) is 51.1 Å². The Hall–Kier alpha value is -4.22. The van der Waals surface area contributed by atoms with Crippen molar-refractivity contribution in [1.82, 2.24) is 24.9 Å². The molecule has 1 saturated heterocycles. The summed E-state index contributed by atoms with van der Waals surface area (Å²) in [7, 11) is 0. The summed E-state index contributed by atoms with van der Waals surface area (Å²) in [6, 6.07) is 11.6. The Balaban J connectivity index is 1.24. The minimum absolute atomic E-state index is 0.0987. The lowest BCUT2D eigenvalue weighted by Gasteiger charge is -2.35. The normalized spacial score (nSPS) is 21.4. The fourth-order valence-corrected chi connectivity index (χ4v) is 4.99. The number of hydrogen-bond acceptors (Lipinski definition) is 8. The van der Waals surface area contributed by atoms with Crippen LogP contribution in [0.25, 0.3) is 22.6 Å². The van der Waals surface area contributed by atoms with Gasteiger partial charge < -0.3 is 24.5 Å². The minimum atomic E-state index is -0.917. The summed E-state index contributed by atoms with van der Waals surface area (Å²) in [5.74, 6) is -0.177. The minimum Gasteiger partial charge on any atom is -0.460 e. The van der Waals surface area contributed by atoms with Gasteiger partial charge in [0.2, 0.25) is 12.2 Å². The predicted molar refractivity (Wildman–Crippen MR) is 148 cm³/mol. The molecule has 4 aromatic rings. The number of ether oxygens (including phenoxy) is 3. The molecule has 1 aliphatic carbocycles. The van der Waals surface area contributed by atoms with Crippen molar-refractivity contribution in [2.24, 2.45) is 5.41 Å². The van der Waals surface area contributed by atoms with Gasteiger partial charge in [-0.05, 0) is 75.1 Å². The van der Waals surface area contributed by atoms with E-state index in [1.54, 1.807) is 55.8 Å². The van der Waals surface area contributed by atoms with Crippen molar-refractivity contribution >= 4 is 11.6 Å². The third-order valence-corrected chi connectivity index (χ3v) is 7.35. The van der Waals surface area contributed by atoms with Gasteiger partial charge in [-0.15, -0.1) is 0 Å². The molecule has 3 aromatic heterocycles. The number of H-pyrrole nitrogens is 1. The lowest BCUT2D eigenvalue weighted by Crippen LogP contribution is -2.45. The van der Waals surface area contributed by atoms with Crippen molar-refractivity contribution in [2.75, 3.05) is 18.5 Å². The summed E-state index contributed by atoms with van der Waals surface area (Å²) in [5, 5.41) is 2.86. The molecule has 0 bridgehead atoms. The highest BCUT2D eigenvalue weighted by molar-refractivity contribution is 5.95. The molecular weight excluding hydrogens is 527 g/mol. The number of pyridine rings is 1. The molecule has 2 fully saturated rings. The second-order valence-electron chi connectivity index (χ2n) is 10.7. The van der Waals surface area contributed by atoms with E-state index in [1.807, 2.05) is 0 Å². The third-order valence-electron chi connectivity index (χ3n) is 7.35. The summed E-state index contributed by atoms with van der Waals surface area (Å²) in [4.78, 5) is 34.1. The summed E-state index contributed by atoms with van der Waals surface area (Å²) < 4.78 is 31.8. The van der Waals surface area contributed by atoms with Gasteiger partial charge in [0.1, 0.15) is 11.9 Å². The summed E-state index contributed by atoms with van der Waals surface area (Å²) in [6.07, 6.45) is 9.57. The van der Waals surface area contributed by atoms with Gasteiger partial charge in [-0.3, -0.25) is 9.78 Å². The monoisotopic (exact) mass is 558 g/mol. The first-order valence-electron chi connectivity index (χ1n) is 13.8. The average Bonchev–Trinajstić information content (AvgIpc) is 3.45. The van der Waals surface area contributed by atoms with Crippen molar-refractivity contribution < 1.29 is 23.4 Å². The number of hydrogen-bond donors (Lipinski definition) is 2. The molecule has 212 valence electrons. The van der Waals surface area contributed by atoms with E-state index in [0.29, 0.717) is 40.2 Å². The van der Waals surface area contributed by atoms with E-state index in [2.05, 4.69) is 25.3 Å². The Kier molecular flexibility index (Phi) is 7.71. The number of rotatable bonds is 7. The number of amides is 1. The van der Waals surface area contributed by atoms with Gasteiger partial charge in [-0.1, -0.05) is 6.42 Å². The number of imidazole rings is 1. The third kappa shape index (κ3) is 6.10. The topological polar surface area (TPSA) is 124 Å². The van der Waals surface area contributed by atoms with E-state index in [-0.39, 0.29) is 31.0 Å². The van der Waals surface area contributed by atoms with Crippen LogP contribution in [0, 0.1) is 11.2 Å². The van der Waals surface area contributed by atoms with Crippen molar-refractivity contribution in [3.05, 3.63) is 72.7 Å². The van der Waals surface area contributed by atoms with Crippen LogP contribution in [0.15, 0.2) is 61.1 Å². The van der Waals surface area contributed by atoms with Crippen molar-refractivity contribution in [3.8, 4) is 28.7 Å². The zero-order chi connectivity index (χ0) is 28.2. The predicted octanol–water partition coefficient (Wildman–Crippen LogP) is 5.47. The Bertz CT molecular complexity index is 1480. The van der Waals surface area contributed by atoms with Gasteiger partial charge in [-0.25, -0.2) is 14.4 Å². The molecule has 6 rings (SSSR count). The van der Waals surface area contributed by atoms with E-state index in [4.69, 9.17) is 19.2 Å². The molecule has 41 heavy (non-hydrogen) atoms. The first-order valence-corrected chi connectivity index (χ1v) is 13.8. The average molecular weight is 559 g/mol. The number of aromatic nitrogens is 5. The highest BCUT2D eigenvalue weighted by Crippen LogP contribution is 2.36. The molecule has 10 nitrogen and oxygen atoms in total. The van der Waals surface area contributed by atoms with Gasteiger partial charge in [0.15, 0.2) is 5.82 Å². The number of aromatic amines is 1. The molecule has 0 unspecified atom stereocenters. The number of halogens is 1. The molecule has 1 saturated carbocycles. The molecule has 2 N–H and O–H groups in total. The number of anilines is 1. The van der Waals surface area contributed by atoms with Crippen LogP contribution in [0.3, 0.4) is 0 Å². The highest BCUT2D eigenvalue weighted by atomic mass is 19.1. The number of carbonyl (C=O) groups is 1. The lowest BCUT2D eigenvalue weighted by molar-refractivity contribution is -0.229. The van der Waals surface area contributed by atoms with Crippen LogP contribution < -0.4 is 10.1 Å². The second-order valence-corrected chi connectivity index (χ2v) is 10.7. The first kappa shape index (κ1) is 27.0. The van der Waals surface area contributed by atoms with Gasteiger partial charge in [0, 0.05) is 18.0 Å². The molecule has 0 spiro atoms. The molecule has 1 amide bonds. The Morgan fingerprint density at radius 2 is 1.83 bits per heavy atom. The van der Waals surface area contributed by atoms with Crippen LogP contribution >= 0.6 is 0 Å². The van der Waals surface area contributed by atoms with E-state index in [1.165, 1.54) is 18.6 Å². The zero-order valence-corrected chi connectivity index (χ0v) is 22.7. The van der Waals surface area contributed by atoms with E-state index in [0.717, 1.165) is 25.7 Å². The SMILES string of the molecule is CC1(C(=O)Nc2cccnc2)COC(c2nc(-c3ccc(F)cc3)c(-c3ccnc(OC4CCCCC4)n3)[nH]2)OC1. The Labute approximate surface area is 236 Å². The largest absolute Gasteiger partial charge is 0.460 e. The lowest BCUT2D eigenvalue weighted by atomic mass is 9.91. The summed E-state index contributed by atoms with van der Waals surface area (Å²) in [6.45, 7) is 2.00. The van der Waals surface area contributed by atoms with Crippen LogP contribution in [-0.4, -0.2) is 50.1 Å². The number of nitrogens with one attached hydrogen (secondary N) is 2. The van der Waals surface area contributed by atoms with Crippen LogP contribution in [0.2, 0.25) is 0 Å². The van der Waals surface area contributed by atoms with Crippen molar-refractivity contribution in [1.29, 1.82) is 0 Å². The van der Waals surface area contributed by atoms with Gasteiger partial charge >= 0.3 is 6.01 Å². The van der Waals surface area contributed by atoms with Crippen LogP contribution in [0.5, 0.6) is 6.01 Å². The molecule has 1 aliphatic heterocycles. The van der Waals surface area contributed by atoms with Crippen molar-refractivity contribution in [2.45, 2.75) is 51.4 Å². The Morgan fingerprint density at radius 1 is 1.05 bits per heavy atom. The smallest absolute Gasteiger partial charge is 0.317 e. The fourth-order valence-electron chi connectivity index (χ4n) is 4.99. The number of benzene rings is 1. The fraction of sp³-hybridized carbons (Fsp3) is 0.367. The van der Waals surface area contributed by atoms with Crippen molar-refractivity contribution in [3.63, 3.8) is 0 Å². The van der Waals surface area contributed by atoms with E-state index >= 15 is 0 Å². The molecular formula is C30H31FN6O4. The molecule has 1 aromatic carbocycles.